The molecular formula is C13H12FN3S. The smallest absolute Gasteiger partial charge is 0.161 e. The Hall–Kier alpha value is -1.54. The third-order valence-corrected chi connectivity index (χ3v) is 4.46. The molecule has 1 aromatic carbocycles. The lowest BCUT2D eigenvalue weighted by Crippen LogP contribution is -2.09. The lowest BCUT2D eigenvalue weighted by atomic mass is 10.2. The van der Waals surface area contributed by atoms with Crippen molar-refractivity contribution < 1.29 is 4.39 Å². The quantitative estimate of drug-likeness (QED) is 0.890. The molecule has 1 unspecified atom stereocenters. The summed E-state index contributed by atoms with van der Waals surface area (Å²) in [6, 6.07) is 6.34. The van der Waals surface area contributed by atoms with Crippen LogP contribution < -0.4 is 5.32 Å². The minimum Gasteiger partial charge on any atom is -0.333 e. The fourth-order valence-corrected chi connectivity index (χ4v) is 3.19. The molecule has 2 aliphatic rings. The normalized spacial score (nSPS) is 22.4. The van der Waals surface area contributed by atoms with Crippen molar-refractivity contribution in [2.45, 2.75) is 18.1 Å². The molecule has 1 aromatic rings. The highest BCUT2D eigenvalue weighted by Crippen LogP contribution is 2.42. The Morgan fingerprint density at radius 2 is 2.28 bits per heavy atom. The molecule has 1 aliphatic carbocycles. The zero-order valence-corrected chi connectivity index (χ0v) is 10.5. The summed E-state index contributed by atoms with van der Waals surface area (Å²) in [5.41, 5.74) is 0.714. The van der Waals surface area contributed by atoms with Crippen molar-refractivity contribution >= 4 is 22.6 Å². The summed E-state index contributed by atoms with van der Waals surface area (Å²) in [6.07, 6.45) is 2.59. The highest BCUT2D eigenvalue weighted by molar-refractivity contribution is 8.15. The number of hydrogen-bond donors (Lipinski definition) is 1. The van der Waals surface area contributed by atoms with Gasteiger partial charge in [-0.3, -0.25) is 4.99 Å². The molecule has 5 heteroatoms. The molecule has 0 bridgehead atoms. The Bertz CT molecular complexity index is 546. The summed E-state index contributed by atoms with van der Waals surface area (Å²) in [4.78, 5) is 4.39. The summed E-state index contributed by atoms with van der Waals surface area (Å²) in [5, 5.41) is 13.0. The maximum Gasteiger partial charge on any atom is 0.161 e. The van der Waals surface area contributed by atoms with E-state index < -0.39 is 5.82 Å². The van der Waals surface area contributed by atoms with E-state index in [9.17, 15) is 4.39 Å². The second kappa shape index (κ2) is 4.62. The highest BCUT2D eigenvalue weighted by atomic mass is 32.2. The number of nitrogens with zero attached hydrogens (tertiary/aromatic N) is 2. The van der Waals surface area contributed by atoms with E-state index in [1.54, 1.807) is 23.9 Å². The van der Waals surface area contributed by atoms with E-state index in [4.69, 9.17) is 5.26 Å². The molecular weight excluding hydrogens is 249 g/mol. The van der Waals surface area contributed by atoms with Gasteiger partial charge in [0.1, 0.15) is 5.82 Å². The molecule has 92 valence electrons. The topological polar surface area (TPSA) is 48.2 Å². The van der Waals surface area contributed by atoms with Crippen molar-refractivity contribution in [3.63, 3.8) is 0 Å². The fourth-order valence-electron chi connectivity index (χ4n) is 1.97. The first-order valence-corrected chi connectivity index (χ1v) is 6.82. The second-order valence-electron chi connectivity index (χ2n) is 4.57. The third kappa shape index (κ3) is 2.34. The summed E-state index contributed by atoms with van der Waals surface area (Å²) >= 11 is 1.70. The van der Waals surface area contributed by atoms with Crippen LogP contribution in [0.1, 0.15) is 18.4 Å². The summed E-state index contributed by atoms with van der Waals surface area (Å²) in [7, 11) is 0. The van der Waals surface area contributed by atoms with Gasteiger partial charge in [-0.1, -0.05) is 11.8 Å². The van der Waals surface area contributed by atoms with Crippen LogP contribution in [-0.4, -0.2) is 17.0 Å². The Labute approximate surface area is 109 Å². The van der Waals surface area contributed by atoms with E-state index in [0.29, 0.717) is 16.5 Å². The third-order valence-electron chi connectivity index (χ3n) is 3.17. The monoisotopic (exact) mass is 261 g/mol. The number of halogens is 1. The van der Waals surface area contributed by atoms with Gasteiger partial charge in [-0.05, 0) is 37.0 Å². The molecule has 18 heavy (non-hydrogen) atoms. The molecule has 0 saturated heterocycles. The maximum absolute atomic E-state index is 13.7. The van der Waals surface area contributed by atoms with Crippen molar-refractivity contribution in [3.8, 4) is 6.07 Å². The van der Waals surface area contributed by atoms with E-state index in [1.165, 1.54) is 18.9 Å². The molecule has 1 heterocycles. The van der Waals surface area contributed by atoms with Crippen LogP contribution in [0.15, 0.2) is 23.2 Å². The van der Waals surface area contributed by atoms with Crippen molar-refractivity contribution in [1.29, 1.82) is 5.26 Å². The van der Waals surface area contributed by atoms with Crippen LogP contribution in [0.4, 0.5) is 10.1 Å². The molecule has 1 aliphatic heterocycles. The predicted octanol–water partition coefficient (Wildman–Crippen LogP) is 2.99. The van der Waals surface area contributed by atoms with E-state index in [0.717, 1.165) is 17.6 Å². The first-order chi connectivity index (χ1) is 8.76. The van der Waals surface area contributed by atoms with Crippen LogP contribution in [0.5, 0.6) is 0 Å². The van der Waals surface area contributed by atoms with Crippen molar-refractivity contribution in [2.24, 2.45) is 10.9 Å². The number of anilines is 1. The first kappa shape index (κ1) is 11.5. The van der Waals surface area contributed by atoms with E-state index in [-0.39, 0.29) is 0 Å². The van der Waals surface area contributed by atoms with Crippen LogP contribution in [0.2, 0.25) is 0 Å². The lowest BCUT2D eigenvalue weighted by molar-refractivity contribution is 0.632. The number of nitriles is 1. The maximum atomic E-state index is 13.7. The Balaban J connectivity index is 1.68. The molecule has 1 fully saturated rings. The molecule has 0 spiro atoms. The number of nitrogens with one attached hydrogen (secondary N) is 1. The largest absolute Gasteiger partial charge is 0.333 e. The number of hydrogen-bond acceptors (Lipinski definition) is 4. The Morgan fingerprint density at radius 1 is 1.44 bits per heavy atom. The summed E-state index contributed by atoms with van der Waals surface area (Å²) in [5.74, 6) is 0.385. The Kier molecular flexibility index (Phi) is 2.96. The van der Waals surface area contributed by atoms with Gasteiger partial charge in [0.05, 0.1) is 23.9 Å². The second-order valence-corrected chi connectivity index (χ2v) is 5.80. The molecule has 3 rings (SSSR count). The SMILES string of the molecule is N#Cc1ccc(NC2=NCC(C3CC3)S2)c(F)c1. The molecule has 0 amide bonds. The van der Waals surface area contributed by atoms with Crippen LogP contribution in [0.25, 0.3) is 0 Å². The van der Waals surface area contributed by atoms with Crippen molar-refractivity contribution in [2.75, 3.05) is 11.9 Å². The van der Waals surface area contributed by atoms with Crippen LogP contribution in [0, 0.1) is 23.1 Å². The molecule has 0 radical (unpaired) electrons. The average molecular weight is 261 g/mol. The Morgan fingerprint density at radius 3 is 2.94 bits per heavy atom. The molecule has 0 aromatic heterocycles. The predicted molar refractivity (Wildman–Crippen MR) is 71.1 cm³/mol. The highest BCUT2D eigenvalue weighted by Gasteiger charge is 2.35. The van der Waals surface area contributed by atoms with Gasteiger partial charge in [0, 0.05) is 5.25 Å². The number of aliphatic imine (C=N–C) groups is 1. The van der Waals surface area contributed by atoms with Gasteiger partial charge in [-0.2, -0.15) is 5.26 Å². The first-order valence-electron chi connectivity index (χ1n) is 5.94. The lowest BCUT2D eigenvalue weighted by Gasteiger charge is -2.08. The van der Waals surface area contributed by atoms with E-state index >= 15 is 0 Å². The van der Waals surface area contributed by atoms with Gasteiger partial charge in [0.2, 0.25) is 0 Å². The molecule has 1 saturated carbocycles. The summed E-state index contributed by atoms with van der Waals surface area (Å²) in [6.45, 7) is 0.829. The zero-order valence-electron chi connectivity index (χ0n) is 9.69. The average Bonchev–Trinajstić information content (AvgIpc) is 3.13. The number of rotatable bonds is 2. The molecule has 1 N–H and O–H groups in total. The molecule has 3 nitrogen and oxygen atoms in total. The zero-order chi connectivity index (χ0) is 12.5. The summed E-state index contributed by atoms with van der Waals surface area (Å²) < 4.78 is 13.7. The standard InChI is InChI=1S/C13H12FN3S/c14-10-5-8(6-15)1-4-11(10)17-13-16-7-12(18-13)9-2-3-9/h1,4-5,9,12H,2-3,7H2,(H,16,17). The van der Waals surface area contributed by atoms with Gasteiger partial charge >= 0.3 is 0 Å². The van der Waals surface area contributed by atoms with E-state index in [2.05, 4.69) is 10.3 Å². The van der Waals surface area contributed by atoms with Gasteiger partial charge in [-0.15, -0.1) is 0 Å². The van der Waals surface area contributed by atoms with Crippen LogP contribution >= 0.6 is 11.8 Å². The van der Waals surface area contributed by atoms with Crippen molar-refractivity contribution in [3.05, 3.63) is 29.6 Å². The van der Waals surface area contributed by atoms with Crippen LogP contribution in [-0.2, 0) is 0 Å². The number of amidine groups is 1. The molecule has 1 atom stereocenters. The minimum absolute atomic E-state index is 0.329. The van der Waals surface area contributed by atoms with Gasteiger partial charge in [0.25, 0.3) is 0 Å². The van der Waals surface area contributed by atoms with Gasteiger partial charge < -0.3 is 5.32 Å². The van der Waals surface area contributed by atoms with Crippen LogP contribution in [0.3, 0.4) is 0 Å². The fraction of sp³-hybridized carbons (Fsp3) is 0.385. The van der Waals surface area contributed by atoms with Gasteiger partial charge in [0.15, 0.2) is 5.17 Å². The number of benzene rings is 1. The van der Waals surface area contributed by atoms with Crippen molar-refractivity contribution in [1.82, 2.24) is 0 Å². The number of thioether (sulfide) groups is 1. The minimum atomic E-state index is -0.410. The van der Waals surface area contributed by atoms with Gasteiger partial charge in [-0.25, -0.2) is 4.39 Å². The van der Waals surface area contributed by atoms with E-state index in [1.807, 2.05) is 6.07 Å².